The van der Waals surface area contributed by atoms with Crippen LogP contribution in [0.3, 0.4) is 0 Å². The van der Waals surface area contributed by atoms with Crippen molar-refractivity contribution in [3.05, 3.63) is 35.3 Å². The van der Waals surface area contributed by atoms with E-state index >= 15 is 0 Å². The van der Waals surface area contributed by atoms with Crippen LogP contribution in [0.2, 0.25) is 0 Å². The number of oxazole rings is 1. The average molecular weight is 234 g/mol. The Kier molecular flexibility index (Phi) is 3.58. The molecule has 0 aliphatic carbocycles. The van der Waals surface area contributed by atoms with E-state index in [2.05, 4.69) is 28.4 Å². The summed E-state index contributed by atoms with van der Waals surface area (Å²) in [5, 5.41) is 7.69. The molecule has 92 valence electrons. The van der Waals surface area contributed by atoms with E-state index in [1.54, 1.807) is 6.20 Å². The zero-order valence-electron chi connectivity index (χ0n) is 10.5. The van der Waals surface area contributed by atoms with Crippen LogP contribution in [0, 0.1) is 6.92 Å². The fraction of sp³-hybridized carbons (Fsp3) is 0.500. The van der Waals surface area contributed by atoms with Crippen molar-refractivity contribution in [1.82, 2.24) is 20.1 Å². The Balaban J connectivity index is 1.87. The molecule has 5 heteroatoms. The molecule has 0 saturated carbocycles. The van der Waals surface area contributed by atoms with Gasteiger partial charge in [-0.05, 0) is 19.4 Å². The molecule has 0 fully saturated rings. The molecule has 0 amide bonds. The van der Waals surface area contributed by atoms with Gasteiger partial charge in [0.25, 0.3) is 0 Å². The Bertz CT molecular complexity index is 486. The molecule has 0 atom stereocenters. The Morgan fingerprint density at radius 1 is 1.41 bits per heavy atom. The maximum atomic E-state index is 5.38. The van der Waals surface area contributed by atoms with Crippen LogP contribution in [0.4, 0.5) is 0 Å². The third-order valence-electron chi connectivity index (χ3n) is 2.64. The fourth-order valence-corrected chi connectivity index (χ4v) is 1.69. The van der Waals surface area contributed by atoms with E-state index in [4.69, 9.17) is 4.42 Å². The molecule has 0 spiro atoms. The van der Waals surface area contributed by atoms with Crippen LogP contribution in [0.5, 0.6) is 0 Å². The fourth-order valence-electron chi connectivity index (χ4n) is 1.69. The summed E-state index contributed by atoms with van der Waals surface area (Å²) < 4.78 is 7.29. The summed E-state index contributed by atoms with van der Waals surface area (Å²) in [5.41, 5.74) is 2.29. The van der Waals surface area contributed by atoms with Gasteiger partial charge in [-0.2, -0.15) is 5.10 Å². The van der Waals surface area contributed by atoms with Crippen molar-refractivity contribution in [1.29, 1.82) is 0 Å². The minimum absolute atomic E-state index is 0.639. The lowest BCUT2D eigenvalue weighted by atomic mass is 10.3. The van der Waals surface area contributed by atoms with Gasteiger partial charge < -0.3 is 9.73 Å². The van der Waals surface area contributed by atoms with E-state index in [0.29, 0.717) is 6.54 Å². The van der Waals surface area contributed by atoms with Gasteiger partial charge in [0.1, 0.15) is 5.76 Å². The van der Waals surface area contributed by atoms with Gasteiger partial charge in [0, 0.05) is 13.6 Å². The Labute approximate surface area is 101 Å². The second kappa shape index (κ2) is 5.14. The maximum absolute atomic E-state index is 5.38. The minimum atomic E-state index is 0.639. The second-order valence-electron chi connectivity index (χ2n) is 4.07. The molecule has 0 bridgehead atoms. The molecule has 0 aromatic carbocycles. The van der Waals surface area contributed by atoms with Crippen molar-refractivity contribution in [3.8, 4) is 0 Å². The highest BCUT2D eigenvalue weighted by molar-refractivity contribution is 5.09. The first-order chi connectivity index (χ1) is 8.19. The lowest BCUT2D eigenvalue weighted by Gasteiger charge is -2.02. The summed E-state index contributed by atoms with van der Waals surface area (Å²) in [4.78, 5) is 4.14. The third kappa shape index (κ3) is 2.94. The molecule has 2 aromatic heterocycles. The molecule has 5 nitrogen and oxygen atoms in total. The second-order valence-corrected chi connectivity index (χ2v) is 4.07. The van der Waals surface area contributed by atoms with Gasteiger partial charge in [0.2, 0.25) is 5.89 Å². The lowest BCUT2D eigenvalue weighted by molar-refractivity contribution is 0.446. The van der Waals surface area contributed by atoms with Gasteiger partial charge >= 0.3 is 0 Å². The van der Waals surface area contributed by atoms with Gasteiger partial charge in [0.05, 0.1) is 24.1 Å². The van der Waals surface area contributed by atoms with Crippen molar-refractivity contribution >= 4 is 0 Å². The molecule has 1 N–H and O–H groups in total. The van der Waals surface area contributed by atoms with Crippen molar-refractivity contribution in [2.45, 2.75) is 33.4 Å². The zero-order valence-corrected chi connectivity index (χ0v) is 10.5. The van der Waals surface area contributed by atoms with Crippen LogP contribution in [-0.4, -0.2) is 14.8 Å². The van der Waals surface area contributed by atoms with Crippen molar-refractivity contribution in [2.24, 2.45) is 7.05 Å². The highest BCUT2D eigenvalue weighted by Gasteiger charge is 2.04. The lowest BCUT2D eigenvalue weighted by Crippen LogP contribution is -2.15. The SMILES string of the molecule is CCc1cc(CNCc2ncc(C)o2)n(C)n1. The molecule has 2 heterocycles. The Morgan fingerprint density at radius 2 is 2.24 bits per heavy atom. The summed E-state index contributed by atoms with van der Waals surface area (Å²) >= 11 is 0. The number of hydrogen-bond donors (Lipinski definition) is 1. The van der Waals surface area contributed by atoms with Gasteiger partial charge in [-0.1, -0.05) is 6.92 Å². The van der Waals surface area contributed by atoms with Crippen LogP contribution >= 0.6 is 0 Å². The largest absolute Gasteiger partial charge is 0.445 e. The predicted molar refractivity (Wildman–Crippen MR) is 64.4 cm³/mol. The van der Waals surface area contributed by atoms with Crippen LogP contribution in [0.15, 0.2) is 16.7 Å². The maximum Gasteiger partial charge on any atom is 0.208 e. The monoisotopic (exact) mass is 234 g/mol. The summed E-state index contributed by atoms with van der Waals surface area (Å²) in [6, 6.07) is 2.12. The number of nitrogens with one attached hydrogen (secondary N) is 1. The van der Waals surface area contributed by atoms with E-state index in [1.165, 1.54) is 5.69 Å². The number of rotatable bonds is 5. The first-order valence-electron chi connectivity index (χ1n) is 5.83. The quantitative estimate of drug-likeness (QED) is 0.853. The molecule has 0 saturated heterocycles. The van der Waals surface area contributed by atoms with Crippen molar-refractivity contribution in [2.75, 3.05) is 0 Å². The molecular weight excluding hydrogens is 216 g/mol. The van der Waals surface area contributed by atoms with Gasteiger partial charge in [-0.25, -0.2) is 4.98 Å². The summed E-state index contributed by atoms with van der Waals surface area (Å²) in [7, 11) is 1.96. The van der Waals surface area contributed by atoms with Gasteiger partial charge in [-0.15, -0.1) is 0 Å². The van der Waals surface area contributed by atoms with Gasteiger partial charge in [-0.3, -0.25) is 4.68 Å². The topological polar surface area (TPSA) is 55.9 Å². The first kappa shape index (κ1) is 11.9. The van der Waals surface area contributed by atoms with Crippen LogP contribution in [-0.2, 0) is 26.6 Å². The van der Waals surface area contributed by atoms with Crippen LogP contribution in [0.1, 0.15) is 30.0 Å². The van der Waals surface area contributed by atoms with E-state index < -0.39 is 0 Å². The minimum Gasteiger partial charge on any atom is -0.445 e. The van der Waals surface area contributed by atoms with Crippen LogP contribution < -0.4 is 5.32 Å². The smallest absolute Gasteiger partial charge is 0.208 e. The molecule has 0 radical (unpaired) electrons. The summed E-state index contributed by atoms with van der Waals surface area (Å²) in [5.74, 6) is 1.57. The average Bonchev–Trinajstić information content (AvgIpc) is 2.86. The zero-order chi connectivity index (χ0) is 12.3. The Morgan fingerprint density at radius 3 is 2.82 bits per heavy atom. The van der Waals surface area contributed by atoms with E-state index in [1.807, 2.05) is 18.7 Å². The molecule has 2 aromatic rings. The third-order valence-corrected chi connectivity index (χ3v) is 2.64. The number of nitrogens with zero attached hydrogens (tertiary/aromatic N) is 3. The van der Waals surface area contributed by atoms with Crippen molar-refractivity contribution in [3.63, 3.8) is 0 Å². The normalized spacial score (nSPS) is 11.0. The molecule has 2 rings (SSSR count). The number of aromatic nitrogens is 3. The molecule has 0 aliphatic heterocycles. The number of aryl methyl sites for hydroxylation is 3. The summed E-state index contributed by atoms with van der Waals surface area (Å²) in [6.45, 7) is 5.41. The molecular formula is C12H18N4O. The Hall–Kier alpha value is -1.62. The standard InChI is InChI=1S/C12H18N4O/c1-4-10-5-11(16(3)15-10)7-13-8-12-14-6-9(2)17-12/h5-6,13H,4,7-8H2,1-3H3. The number of hydrogen-bond acceptors (Lipinski definition) is 4. The van der Waals surface area contributed by atoms with Crippen LogP contribution in [0.25, 0.3) is 0 Å². The molecule has 0 aliphatic rings. The first-order valence-corrected chi connectivity index (χ1v) is 5.83. The van der Waals surface area contributed by atoms with E-state index in [0.717, 1.165) is 30.3 Å². The van der Waals surface area contributed by atoms with Gasteiger partial charge in [0.15, 0.2) is 0 Å². The van der Waals surface area contributed by atoms with E-state index in [-0.39, 0.29) is 0 Å². The molecule has 0 unspecified atom stereocenters. The van der Waals surface area contributed by atoms with E-state index in [9.17, 15) is 0 Å². The van der Waals surface area contributed by atoms with Crippen molar-refractivity contribution < 1.29 is 4.42 Å². The predicted octanol–water partition coefficient (Wildman–Crippen LogP) is 1.57. The summed E-state index contributed by atoms with van der Waals surface area (Å²) in [6.07, 6.45) is 2.70. The molecule has 17 heavy (non-hydrogen) atoms. The highest BCUT2D eigenvalue weighted by Crippen LogP contribution is 2.05. The highest BCUT2D eigenvalue weighted by atomic mass is 16.4.